The Bertz CT molecular complexity index is 441. The summed E-state index contributed by atoms with van der Waals surface area (Å²) in [7, 11) is 0. The van der Waals surface area contributed by atoms with Crippen LogP contribution < -0.4 is 0 Å². The SMILES string of the molecule is Cc1cc(F)cc(C(=O)C(C)(C)N2CCCC2)c1. The normalized spacial score (nSPS) is 17.1. The summed E-state index contributed by atoms with van der Waals surface area (Å²) in [6, 6.07) is 4.55. The number of hydrogen-bond acceptors (Lipinski definition) is 2. The first-order chi connectivity index (χ1) is 8.41. The van der Waals surface area contributed by atoms with E-state index in [0.717, 1.165) is 31.5 Å². The summed E-state index contributed by atoms with van der Waals surface area (Å²) < 4.78 is 13.4. The molecule has 0 saturated carbocycles. The number of likely N-dealkylation sites (tertiary alicyclic amines) is 1. The lowest BCUT2D eigenvalue weighted by molar-refractivity contribution is 0.0702. The maximum atomic E-state index is 13.4. The molecule has 1 aliphatic heterocycles. The van der Waals surface area contributed by atoms with Crippen molar-refractivity contribution in [3.05, 3.63) is 35.1 Å². The minimum Gasteiger partial charge on any atom is -0.292 e. The van der Waals surface area contributed by atoms with E-state index in [-0.39, 0.29) is 11.6 Å². The summed E-state index contributed by atoms with van der Waals surface area (Å²) in [4.78, 5) is 14.7. The van der Waals surface area contributed by atoms with Crippen LogP contribution in [-0.4, -0.2) is 29.3 Å². The topological polar surface area (TPSA) is 20.3 Å². The van der Waals surface area contributed by atoms with Gasteiger partial charge in [0.05, 0.1) is 5.54 Å². The van der Waals surface area contributed by atoms with Gasteiger partial charge in [-0.3, -0.25) is 9.69 Å². The van der Waals surface area contributed by atoms with Gasteiger partial charge in [0.15, 0.2) is 5.78 Å². The lowest BCUT2D eigenvalue weighted by atomic mass is 9.91. The minimum absolute atomic E-state index is 0.00648. The summed E-state index contributed by atoms with van der Waals surface area (Å²) in [6.07, 6.45) is 2.28. The summed E-state index contributed by atoms with van der Waals surface area (Å²) >= 11 is 0. The summed E-state index contributed by atoms with van der Waals surface area (Å²) in [5, 5.41) is 0. The molecule has 0 atom stereocenters. The van der Waals surface area contributed by atoms with E-state index in [0.29, 0.717) is 5.56 Å². The molecule has 1 heterocycles. The molecule has 0 aliphatic carbocycles. The van der Waals surface area contributed by atoms with Crippen LogP contribution in [0.25, 0.3) is 0 Å². The van der Waals surface area contributed by atoms with Gasteiger partial charge < -0.3 is 0 Å². The smallest absolute Gasteiger partial charge is 0.182 e. The van der Waals surface area contributed by atoms with Crippen molar-refractivity contribution in [2.45, 2.75) is 39.2 Å². The molecule has 2 nitrogen and oxygen atoms in total. The van der Waals surface area contributed by atoms with Crippen molar-refractivity contribution in [2.75, 3.05) is 13.1 Å². The van der Waals surface area contributed by atoms with Crippen LogP contribution in [0.3, 0.4) is 0 Å². The van der Waals surface area contributed by atoms with Crippen molar-refractivity contribution in [1.82, 2.24) is 4.90 Å². The van der Waals surface area contributed by atoms with Crippen molar-refractivity contribution in [1.29, 1.82) is 0 Å². The van der Waals surface area contributed by atoms with Crippen LogP contribution in [0.4, 0.5) is 4.39 Å². The predicted molar refractivity (Wildman–Crippen MR) is 70.4 cm³/mol. The number of benzene rings is 1. The molecule has 98 valence electrons. The lowest BCUT2D eigenvalue weighted by Crippen LogP contribution is -2.48. The van der Waals surface area contributed by atoms with E-state index < -0.39 is 5.54 Å². The average Bonchev–Trinajstić information content (AvgIpc) is 2.80. The molecule has 0 aromatic heterocycles. The summed E-state index contributed by atoms with van der Waals surface area (Å²) in [5.41, 5.74) is 0.719. The maximum absolute atomic E-state index is 13.4. The zero-order chi connectivity index (χ0) is 13.3. The van der Waals surface area contributed by atoms with E-state index in [9.17, 15) is 9.18 Å². The minimum atomic E-state index is -0.545. The molecule has 0 radical (unpaired) electrons. The van der Waals surface area contributed by atoms with Gasteiger partial charge in [0.1, 0.15) is 5.82 Å². The van der Waals surface area contributed by atoms with Crippen LogP contribution in [0.2, 0.25) is 0 Å². The molecular weight excluding hydrogens is 229 g/mol. The van der Waals surface area contributed by atoms with Gasteiger partial charge in [-0.05, 0) is 70.5 Å². The third kappa shape index (κ3) is 2.46. The second kappa shape index (κ2) is 4.81. The molecule has 0 amide bonds. The van der Waals surface area contributed by atoms with Gasteiger partial charge >= 0.3 is 0 Å². The number of carbonyl (C=O) groups excluding carboxylic acids is 1. The fourth-order valence-electron chi connectivity index (χ4n) is 2.64. The highest BCUT2D eigenvalue weighted by molar-refractivity contribution is 6.02. The molecule has 1 saturated heterocycles. The van der Waals surface area contributed by atoms with Gasteiger partial charge in [0.25, 0.3) is 0 Å². The highest BCUT2D eigenvalue weighted by Crippen LogP contribution is 2.25. The molecule has 0 N–H and O–H groups in total. The van der Waals surface area contributed by atoms with Gasteiger partial charge in [-0.1, -0.05) is 0 Å². The first-order valence-corrected chi connectivity index (χ1v) is 6.48. The van der Waals surface area contributed by atoms with Crippen LogP contribution >= 0.6 is 0 Å². The predicted octanol–water partition coefficient (Wildman–Crippen LogP) is 3.19. The Kier molecular flexibility index (Phi) is 3.53. The number of Topliss-reactive ketones (excluding diaryl/α,β-unsaturated/α-hetero) is 1. The molecule has 2 rings (SSSR count). The molecule has 0 spiro atoms. The number of nitrogens with zero attached hydrogens (tertiary/aromatic N) is 1. The van der Waals surface area contributed by atoms with Gasteiger partial charge in [-0.25, -0.2) is 4.39 Å². The summed E-state index contributed by atoms with van der Waals surface area (Å²) in [5.74, 6) is -0.331. The largest absolute Gasteiger partial charge is 0.292 e. The molecule has 1 aliphatic rings. The van der Waals surface area contributed by atoms with Crippen molar-refractivity contribution < 1.29 is 9.18 Å². The Morgan fingerprint density at radius 1 is 1.22 bits per heavy atom. The van der Waals surface area contributed by atoms with E-state index in [1.165, 1.54) is 12.1 Å². The molecular formula is C15H20FNO. The number of carbonyl (C=O) groups is 1. The average molecular weight is 249 g/mol. The Morgan fingerprint density at radius 2 is 1.83 bits per heavy atom. The quantitative estimate of drug-likeness (QED) is 0.767. The van der Waals surface area contributed by atoms with Crippen molar-refractivity contribution in [3.63, 3.8) is 0 Å². The highest BCUT2D eigenvalue weighted by Gasteiger charge is 2.36. The third-order valence-corrected chi connectivity index (χ3v) is 3.76. The van der Waals surface area contributed by atoms with Crippen LogP contribution in [-0.2, 0) is 0 Å². The second-order valence-corrected chi connectivity index (χ2v) is 5.60. The maximum Gasteiger partial charge on any atom is 0.182 e. The Balaban J connectivity index is 2.29. The number of rotatable bonds is 3. The summed E-state index contributed by atoms with van der Waals surface area (Å²) in [6.45, 7) is 7.57. The van der Waals surface area contributed by atoms with E-state index in [1.807, 2.05) is 20.8 Å². The number of aryl methyl sites for hydroxylation is 1. The van der Waals surface area contributed by atoms with Crippen LogP contribution in [0.15, 0.2) is 18.2 Å². The molecule has 18 heavy (non-hydrogen) atoms. The lowest BCUT2D eigenvalue weighted by Gasteiger charge is -2.34. The van der Waals surface area contributed by atoms with Crippen molar-refractivity contribution in [3.8, 4) is 0 Å². The van der Waals surface area contributed by atoms with Crippen LogP contribution in [0, 0.1) is 12.7 Å². The van der Waals surface area contributed by atoms with Crippen LogP contribution in [0.1, 0.15) is 42.6 Å². The fourth-order valence-corrected chi connectivity index (χ4v) is 2.64. The number of ketones is 1. The second-order valence-electron chi connectivity index (χ2n) is 5.60. The molecule has 1 aromatic rings. The third-order valence-electron chi connectivity index (χ3n) is 3.76. The zero-order valence-corrected chi connectivity index (χ0v) is 11.3. The van der Waals surface area contributed by atoms with Gasteiger partial charge in [0, 0.05) is 5.56 Å². The van der Waals surface area contributed by atoms with Crippen molar-refractivity contribution >= 4 is 5.78 Å². The van der Waals surface area contributed by atoms with Gasteiger partial charge in [0.2, 0.25) is 0 Å². The standard InChI is InChI=1S/C15H20FNO/c1-11-8-12(10-13(16)9-11)14(18)15(2,3)17-6-4-5-7-17/h8-10H,4-7H2,1-3H3. The van der Waals surface area contributed by atoms with E-state index >= 15 is 0 Å². The number of hydrogen-bond donors (Lipinski definition) is 0. The Hall–Kier alpha value is -1.22. The van der Waals surface area contributed by atoms with E-state index in [4.69, 9.17) is 0 Å². The highest BCUT2D eigenvalue weighted by atomic mass is 19.1. The Labute approximate surface area is 108 Å². The first-order valence-electron chi connectivity index (χ1n) is 6.48. The monoisotopic (exact) mass is 249 g/mol. The molecule has 3 heteroatoms. The molecule has 0 unspecified atom stereocenters. The van der Waals surface area contributed by atoms with Crippen molar-refractivity contribution in [2.24, 2.45) is 0 Å². The molecule has 1 fully saturated rings. The van der Waals surface area contributed by atoms with E-state index in [2.05, 4.69) is 4.90 Å². The molecule has 1 aromatic carbocycles. The molecule has 0 bridgehead atoms. The zero-order valence-electron chi connectivity index (χ0n) is 11.3. The van der Waals surface area contributed by atoms with Gasteiger partial charge in [-0.15, -0.1) is 0 Å². The fraction of sp³-hybridized carbons (Fsp3) is 0.533. The number of halogens is 1. The Morgan fingerprint density at radius 3 is 2.39 bits per heavy atom. The van der Waals surface area contributed by atoms with Gasteiger partial charge in [-0.2, -0.15) is 0 Å². The van der Waals surface area contributed by atoms with Crippen LogP contribution in [0.5, 0.6) is 0 Å². The van der Waals surface area contributed by atoms with E-state index in [1.54, 1.807) is 6.07 Å². The first kappa shape index (κ1) is 13.2.